The summed E-state index contributed by atoms with van der Waals surface area (Å²) in [6.45, 7) is 5.42. The molecule has 2 atom stereocenters. The molecule has 2 amide bonds. The Hall–Kier alpha value is -2.05. The lowest BCUT2D eigenvalue weighted by Gasteiger charge is -2.27. The topological polar surface area (TPSA) is 95.9 Å². The van der Waals surface area contributed by atoms with E-state index in [1.807, 2.05) is 0 Å². The van der Waals surface area contributed by atoms with Gasteiger partial charge >= 0.3 is 18.0 Å². The van der Waals surface area contributed by atoms with Gasteiger partial charge in [0, 0.05) is 6.04 Å². The molecule has 7 heteroatoms. The van der Waals surface area contributed by atoms with Gasteiger partial charge in [0.2, 0.25) is 0 Å². The van der Waals surface area contributed by atoms with E-state index in [-0.39, 0.29) is 25.2 Å². The monoisotopic (exact) mass is 298 g/mol. The molecule has 21 heavy (non-hydrogen) atoms. The van der Waals surface area contributed by atoms with Gasteiger partial charge in [0.05, 0.1) is 18.6 Å². The number of esters is 1. The summed E-state index contributed by atoms with van der Waals surface area (Å²) < 4.78 is 4.84. The van der Waals surface area contributed by atoms with Crippen LogP contribution in [-0.2, 0) is 14.3 Å². The third kappa shape index (κ3) is 5.09. The van der Waals surface area contributed by atoms with E-state index in [0.29, 0.717) is 6.42 Å². The molecule has 1 aliphatic carbocycles. The van der Waals surface area contributed by atoms with E-state index in [9.17, 15) is 14.4 Å². The first-order chi connectivity index (χ1) is 9.85. The predicted octanol–water partition coefficient (Wildman–Crippen LogP) is 0.999. The Balaban J connectivity index is 2.56. The van der Waals surface area contributed by atoms with E-state index in [1.165, 1.54) is 4.90 Å². The average Bonchev–Trinajstić information content (AvgIpc) is 2.84. The SMILES string of the molecule is CCOC(=O)CN(C(=O)NC1C=CC(C(=O)O)C1)C(C)C. The maximum absolute atomic E-state index is 12.2. The lowest BCUT2D eigenvalue weighted by Crippen LogP contribution is -2.49. The van der Waals surface area contributed by atoms with Crippen molar-refractivity contribution in [3.05, 3.63) is 12.2 Å². The van der Waals surface area contributed by atoms with Crippen LogP contribution in [0.2, 0.25) is 0 Å². The van der Waals surface area contributed by atoms with Crippen LogP contribution in [-0.4, -0.2) is 53.2 Å². The van der Waals surface area contributed by atoms with E-state index in [0.717, 1.165) is 0 Å². The number of rotatable bonds is 6. The predicted molar refractivity (Wildman–Crippen MR) is 75.7 cm³/mol. The van der Waals surface area contributed by atoms with Gasteiger partial charge in [0.1, 0.15) is 6.54 Å². The zero-order valence-corrected chi connectivity index (χ0v) is 12.5. The zero-order chi connectivity index (χ0) is 16.0. The first-order valence-corrected chi connectivity index (χ1v) is 6.99. The van der Waals surface area contributed by atoms with Crippen molar-refractivity contribution >= 4 is 18.0 Å². The van der Waals surface area contributed by atoms with Crippen LogP contribution in [0.3, 0.4) is 0 Å². The summed E-state index contributed by atoms with van der Waals surface area (Å²) in [4.78, 5) is 35.9. The Morgan fingerprint density at radius 2 is 2.05 bits per heavy atom. The van der Waals surface area contributed by atoms with E-state index >= 15 is 0 Å². The fraction of sp³-hybridized carbons (Fsp3) is 0.643. The highest BCUT2D eigenvalue weighted by Crippen LogP contribution is 2.18. The number of hydrogen-bond donors (Lipinski definition) is 2. The number of hydrogen-bond acceptors (Lipinski definition) is 4. The van der Waals surface area contributed by atoms with Crippen molar-refractivity contribution < 1.29 is 24.2 Å². The van der Waals surface area contributed by atoms with Gasteiger partial charge < -0.3 is 20.1 Å². The molecule has 0 aromatic carbocycles. The highest BCUT2D eigenvalue weighted by molar-refractivity contribution is 5.82. The first-order valence-electron chi connectivity index (χ1n) is 6.99. The second kappa shape index (κ2) is 7.66. The van der Waals surface area contributed by atoms with Crippen LogP contribution < -0.4 is 5.32 Å². The van der Waals surface area contributed by atoms with Gasteiger partial charge in [-0.25, -0.2) is 4.79 Å². The summed E-state index contributed by atoms with van der Waals surface area (Å²) in [6, 6.07) is -0.907. The summed E-state index contributed by atoms with van der Waals surface area (Å²) in [5.74, 6) is -1.95. The quantitative estimate of drug-likeness (QED) is 0.563. The normalized spacial score (nSPS) is 20.4. The van der Waals surface area contributed by atoms with Crippen LogP contribution in [0.4, 0.5) is 4.79 Å². The summed E-state index contributed by atoms with van der Waals surface area (Å²) in [5, 5.41) is 11.6. The standard InChI is InChI=1S/C14H22N2O5/c1-4-21-12(17)8-16(9(2)3)14(20)15-11-6-5-10(7-11)13(18)19/h5-6,9-11H,4,7-8H2,1-3H3,(H,15,20)(H,18,19). The zero-order valence-electron chi connectivity index (χ0n) is 12.5. The molecule has 0 heterocycles. The van der Waals surface area contributed by atoms with Crippen LogP contribution in [0.5, 0.6) is 0 Å². The molecule has 0 bridgehead atoms. The molecule has 2 N–H and O–H groups in total. The highest BCUT2D eigenvalue weighted by Gasteiger charge is 2.28. The number of nitrogens with one attached hydrogen (secondary N) is 1. The second-order valence-electron chi connectivity index (χ2n) is 5.15. The molecular weight excluding hydrogens is 276 g/mol. The Kier molecular flexibility index (Phi) is 6.20. The fourth-order valence-electron chi connectivity index (χ4n) is 2.07. The van der Waals surface area contributed by atoms with Crippen molar-refractivity contribution in [2.75, 3.05) is 13.2 Å². The molecule has 1 rings (SSSR count). The molecule has 0 aliphatic heterocycles. The van der Waals surface area contributed by atoms with E-state index in [4.69, 9.17) is 9.84 Å². The number of carboxylic acid groups (broad SMARTS) is 1. The fourth-order valence-corrected chi connectivity index (χ4v) is 2.07. The molecule has 7 nitrogen and oxygen atoms in total. The van der Waals surface area contributed by atoms with Gasteiger partial charge in [-0.1, -0.05) is 12.2 Å². The van der Waals surface area contributed by atoms with Gasteiger partial charge in [-0.15, -0.1) is 0 Å². The lowest BCUT2D eigenvalue weighted by molar-refractivity contribution is -0.144. The smallest absolute Gasteiger partial charge is 0.325 e. The Morgan fingerprint density at radius 3 is 2.52 bits per heavy atom. The number of carboxylic acids is 1. The van der Waals surface area contributed by atoms with Gasteiger partial charge in [0.15, 0.2) is 0 Å². The maximum atomic E-state index is 12.2. The van der Waals surface area contributed by atoms with Gasteiger partial charge in [-0.2, -0.15) is 0 Å². The molecule has 0 spiro atoms. The number of ether oxygens (including phenoxy) is 1. The minimum absolute atomic E-state index is 0.129. The molecule has 0 saturated carbocycles. The van der Waals surface area contributed by atoms with Gasteiger partial charge in [-0.3, -0.25) is 9.59 Å². The largest absolute Gasteiger partial charge is 0.481 e. The van der Waals surface area contributed by atoms with Crippen molar-refractivity contribution in [2.24, 2.45) is 5.92 Å². The highest BCUT2D eigenvalue weighted by atomic mass is 16.5. The molecule has 118 valence electrons. The third-order valence-electron chi connectivity index (χ3n) is 3.20. The van der Waals surface area contributed by atoms with Crippen LogP contribution >= 0.6 is 0 Å². The van der Waals surface area contributed by atoms with E-state index < -0.39 is 23.9 Å². The lowest BCUT2D eigenvalue weighted by atomic mass is 10.1. The van der Waals surface area contributed by atoms with Crippen molar-refractivity contribution in [3.63, 3.8) is 0 Å². The first kappa shape index (κ1) is 17.0. The molecule has 2 unspecified atom stereocenters. The van der Waals surface area contributed by atoms with Crippen molar-refractivity contribution in [2.45, 2.75) is 39.3 Å². The second-order valence-corrected chi connectivity index (χ2v) is 5.15. The van der Waals surface area contributed by atoms with Crippen LogP contribution in [0.15, 0.2) is 12.2 Å². The number of carbonyl (C=O) groups is 3. The van der Waals surface area contributed by atoms with Gasteiger partial charge in [-0.05, 0) is 27.2 Å². The number of carbonyl (C=O) groups excluding carboxylic acids is 2. The summed E-state index contributed by atoms with van der Waals surface area (Å²) in [7, 11) is 0. The Bertz CT molecular complexity index is 433. The number of amides is 2. The Morgan fingerprint density at radius 1 is 1.38 bits per heavy atom. The molecule has 0 aromatic rings. The summed E-state index contributed by atoms with van der Waals surface area (Å²) >= 11 is 0. The molecule has 0 saturated heterocycles. The van der Waals surface area contributed by atoms with Crippen molar-refractivity contribution in [1.29, 1.82) is 0 Å². The van der Waals surface area contributed by atoms with E-state index in [2.05, 4.69) is 5.32 Å². The third-order valence-corrected chi connectivity index (χ3v) is 3.20. The van der Waals surface area contributed by atoms with Gasteiger partial charge in [0.25, 0.3) is 0 Å². The average molecular weight is 298 g/mol. The van der Waals surface area contributed by atoms with Crippen molar-refractivity contribution in [1.82, 2.24) is 10.2 Å². The Labute approximate surface area is 123 Å². The van der Waals surface area contributed by atoms with E-state index in [1.54, 1.807) is 32.9 Å². The molecule has 1 aliphatic rings. The summed E-state index contributed by atoms with van der Waals surface area (Å²) in [6.07, 6.45) is 3.56. The van der Waals surface area contributed by atoms with Crippen LogP contribution in [0, 0.1) is 5.92 Å². The number of nitrogens with zero attached hydrogens (tertiary/aromatic N) is 1. The minimum atomic E-state index is -0.907. The molecule has 0 fully saturated rings. The molecular formula is C14H22N2O5. The van der Waals surface area contributed by atoms with Crippen LogP contribution in [0.25, 0.3) is 0 Å². The minimum Gasteiger partial charge on any atom is -0.481 e. The van der Waals surface area contributed by atoms with Crippen LogP contribution in [0.1, 0.15) is 27.2 Å². The maximum Gasteiger partial charge on any atom is 0.325 e. The molecule has 0 aromatic heterocycles. The van der Waals surface area contributed by atoms with Crippen molar-refractivity contribution in [3.8, 4) is 0 Å². The molecule has 0 radical (unpaired) electrons. The summed E-state index contributed by atoms with van der Waals surface area (Å²) in [5.41, 5.74) is 0. The number of aliphatic carboxylic acids is 1. The number of urea groups is 1.